The smallest absolute Gasteiger partial charge is 0.339 e. The third-order valence-electron chi connectivity index (χ3n) is 2.67. The molecule has 0 aliphatic rings. The molecule has 20 heavy (non-hydrogen) atoms. The lowest BCUT2D eigenvalue weighted by Crippen LogP contribution is -2.36. The Kier molecular flexibility index (Phi) is 5.95. The van der Waals surface area contributed by atoms with Crippen LogP contribution in [0.3, 0.4) is 0 Å². The summed E-state index contributed by atoms with van der Waals surface area (Å²) >= 11 is 0. The molecule has 0 fully saturated rings. The van der Waals surface area contributed by atoms with Crippen molar-refractivity contribution in [1.82, 2.24) is 0 Å². The van der Waals surface area contributed by atoms with Gasteiger partial charge in [0, 0.05) is 25.5 Å². The van der Waals surface area contributed by atoms with Gasteiger partial charge in [0.1, 0.15) is 11.3 Å². The van der Waals surface area contributed by atoms with Gasteiger partial charge in [-0.2, -0.15) is 0 Å². The minimum absolute atomic E-state index is 0.0224. The fourth-order valence-corrected chi connectivity index (χ4v) is 1.56. The Labute approximate surface area is 116 Å². The van der Waals surface area contributed by atoms with E-state index >= 15 is 0 Å². The number of aromatic carboxylic acids is 1. The molecular weight excluding hydrogens is 264 g/mol. The zero-order valence-electron chi connectivity index (χ0n) is 11.4. The standard InChI is InChI=1S/C13H18N2O5/c1-19-6-5-10(14)12(16)15-8-3-4-9(13(17)18)11(7-8)20-2/h3-4,7,10H,5-6,14H2,1-2H3,(H,15,16)(H,17,18). The second-order valence-electron chi connectivity index (χ2n) is 4.10. The number of rotatable bonds is 7. The van der Waals surface area contributed by atoms with Gasteiger partial charge in [0.25, 0.3) is 0 Å². The van der Waals surface area contributed by atoms with E-state index in [0.717, 1.165) is 0 Å². The summed E-state index contributed by atoms with van der Waals surface area (Å²) in [6.45, 7) is 0.385. The first-order valence-electron chi connectivity index (χ1n) is 5.96. The number of hydrogen-bond acceptors (Lipinski definition) is 5. The van der Waals surface area contributed by atoms with Crippen molar-refractivity contribution in [2.75, 3.05) is 26.1 Å². The van der Waals surface area contributed by atoms with Crippen LogP contribution in [0.1, 0.15) is 16.8 Å². The Bertz CT molecular complexity index is 490. The molecule has 0 bridgehead atoms. The average molecular weight is 282 g/mol. The van der Waals surface area contributed by atoms with Gasteiger partial charge in [0.15, 0.2) is 0 Å². The molecule has 1 aromatic carbocycles. The van der Waals surface area contributed by atoms with Crippen molar-refractivity contribution in [2.24, 2.45) is 5.73 Å². The van der Waals surface area contributed by atoms with E-state index in [4.69, 9.17) is 20.3 Å². The normalized spacial score (nSPS) is 11.8. The summed E-state index contributed by atoms with van der Waals surface area (Å²) in [6, 6.07) is 3.58. The summed E-state index contributed by atoms with van der Waals surface area (Å²) in [5.74, 6) is -1.30. The van der Waals surface area contributed by atoms with Crippen molar-refractivity contribution in [3.63, 3.8) is 0 Å². The molecule has 0 aliphatic heterocycles. The van der Waals surface area contributed by atoms with Crippen LogP contribution in [0.5, 0.6) is 5.75 Å². The van der Waals surface area contributed by atoms with E-state index in [2.05, 4.69) is 5.32 Å². The third kappa shape index (κ3) is 4.22. The van der Waals surface area contributed by atoms with Crippen LogP contribution in [0.2, 0.25) is 0 Å². The first-order chi connectivity index (χ1) is 9.49. The molecule has 0 aromatic heterocycles. The van der Waals surface area contributed by atoms with Crippen LogP contribution in [-0.2, 0) is 9.53 Å². The summed E-state index contributed by atoms with van der Waals surface area (Å²) in [5.41, 5.74) is 6.13. The Balaban J connectivity index is 2.78. The molecule has 1 amide bonds. The number of nitrogens with two attached hydrogens (primary N) is 1. The predicted molar refractivity (Wildman–Crippen MR) is 73.1 cm³/mol. The molecule has 1 unspecified atom stereocenters. The number of benzene rings is 1. The molecule has 0 aliphatic carbocycles. The number of anilines is 1. The second kappa shape index (κ2) is 7.46. The SMILES string of the molecule is COCCC(N)C(=O)Nc1ccc(C(=O)O)c(OC)c1. The minimum atomic E-state index is -1.10. The molecule has 1 atom stereocenters. The van der Waals surface area contributed by atoms with Gasteiger partial charge in [-0.05, 0) is 18.6 Å². The summed E-state index contributed by atoms with van der Waals surface area (Å²) in [6.07, 6.45) is 0.396. The molecule has 1 aromatic rings. The Morgan fingerprint density at radius 2 is 2.10 bits per heavy atom. The quantitative estimate of drug-likeness (QED) is 0.678. The zero-order valence-corrected chi connectivity index (χ0v) is 11.4. The highest BCUT2D eigenvalue weighted by molar-refractivity contribution is 5.96. The number of carbonyl (C=O) groups excluding carboxylic acids is 1. The van der Waals surface area contributed by atoms with Gasteiger partial charge in [-0.25, -0.2) is 4.79 Å². The second-order valence-corrected chi connectivity index (χ2v) is 4.10. The molecule has 0 radical (unpaired) electrons. The van der Waals surface area contributed by atoms with E-state index in [1.807, 2.05) is 0 Å². The van der Waals surface area contributed by atoms with Crippen molar-refractivity contribution in [1.29, 1.82) is 0 Å². The third-order valence-corrected chi connectivity index (χ3v) is 2.67. The molecule has 0 spiro atoms. The van der Waals surface area contributed by atoms with Gasteiger partial charge in [0.05, 0.1) is 13.2 Å². The van der Waals surface area contributed by atoms with Crippen LogP contribution >= 0.6 is 0 Å². The fraction of sp³-hybridized carbons (Fsp3) is 0.385. The highest BCUT2D eigenvalue weighted by Gasteiger charge is 2.15. The molecular formula is C13H18N2O5. The van der Waals surface area contributed by atoms with Gasteiger partial charge in [0.2, 0.25) is 5.91 Å². The van der Waals surface area contributed by atoms with Crippen LogP contribution in [-0.4, -0.2) is 43.9 Å². The Morgan fingerprint density at radius 3 is 2.65 bits per heavy atom. The average Bonchev–Trinajstić information content (AvgIpc) is 2.44. The number of amides is 1. The van der Waals surface area contributed by atoms with Crippen LogP contribution in [0.15, 0.2) is 18.2 Å². The predicted octanol–water partition coefficient (Wildman–Crippen LogP) is 0.696. The lowest BCUT2D eigenvalue weighted by molar-refractivity contribution is -0.117. The highest BCUT2D eigenvalue weighted by Crippen LogP contribution is 2.23. The summed E-state index contributed by atoms with van der Waals surface area (Å²) < 4.78 is 9.82. The van der Waals surface area contributed by atoms with Crippen LogP contribution in [0.25, 0.3) is 0 Å². The number of hydrogen-bond donors (Lipinski definition) is 3. The van der Waals surface area contributed by atoms with Gasteiger partial charge in [-0.1, -0.05) is 0 Å². The summed E-state index contributed by atoms with van der Waals surface area (Å²) in [5, 5.41) is 11.6. The van der Waals surface area contributed by atoms with E-state index in [1.165, 1.54) is 32.4 Å². The monoisotopic (exact) mass is 282 g/mol. The van der Waals surface area contributed by atoms with E-state index in [-0.39, 0.29) is 17.2 Å². The van der Waals surface area contributed by atoms with Crippen molar-refractivity contribution in [2.45, 2.75) is 12.5 Å². The number of ether oxygens (including phenoxy) is 2. The lowest BCUT2D eigenvalue weighted by Gasteiger charge is -2.13. The maximum absolute atomic E-state index is 11.8. The highest BCUT2D eigenvalue weighted by atomic mass is 16.5. The lowest BCUT2D eigenvalue weighted by atomic mass is 10.1. The first-order valence-corrected chi connectivity index (χ1v) is 5.96. The number of carboxylic acids is 1. The molecule has 110 valence electrons. The Morgan fingerprint density at radius 1 is 1.40 bits per heavy atom. The topological polar surface area (TPSA) is 111 Å². The van der Waals surface area contributed by atoms with Gasteiger partial charge < -0.3 is 25.6 Å². The van der Waals surface area contributed by atoms with Gasteiger partial charge in [-0.3, -0.25) is 4.79 Å². The number of carboxylic acid groups (broad SMARTS) is 1. The first kappa shape index (κ1) is 15.9. The maximum atomic E-state index is 11.8. The molecule has 4 N–H and O–H groups in total. The van der Waals surface area contributed by atoms with Crippen LogP contribution in [0.4, 0.5) is 5.69 Å². The molecule has 0 saturated heterocycles. The van der Waals surface area contributed by atoms with E-state index in [1.54, 1.807) is 0 Å². The molecule has 0 saturated carbocycles. The maximum Gasteiger partial charge on any atom is 0.339 e. The van der Waals surface area contributed by atoms with E-state index < -0.39 is 12.0 Å². The van der Waals surface area contributed by atoms with Gasteiger partial charge in [-0.15, -0.1) is 0 Å². The summed E-state index contributed by atoms with van der Waals surface area (Å²) in [7, 11) is 2.89. The van der Waals surface area contributed by atoms with Crippen LogP contribution in [0, 0.1) is 0 Å². The van der Waals surface area contributed by atoms with Crippen molar-refractivity contribution < 1.29 is 24.2 Å². The Hall–Kier alpha value is -2.12. The van der Waals surface area contributed by atoms with E-state index in [9.17, 15) is 9.59 Å². The molecule has 7 nitrogen and oxygen atoms in total. The van der Waals surface area contributed by atoms with E-state index in [0.29, 0.717) is 18.7 Å². The molecule has 0 heterocycles. The van der Waals surface area contributed by atoms with Gasteiger partial charge >= 0.3 is 5.97 Å². The number of nitrogens with one attached hydrogen (secondary N) is 1. The zero-order chi connectivity index (χ0) is 15.1. The molecule has 7 heteroatoms. The van der Waals surface area contributed by atoms with Crippen LogP contribution < -0.4 is 15.8 Å². The van der Waals surface area contributed by atoms with Crippen molar-refractivity contribution in [3.05, 3.63) is 23.8 Å². The van der Waals surface area contributed by atoms with Crippen molar-refractivity contribution in [3.8, 4) is 5.75 Å². The summed E-state index contributed by atoms with van der Waals surface area (Å²) in [4.78, 5) is 22.7. The number of carbonyl (C=O) groups is 2. The van der Waals surface area contributed by atoms with Crippen molar-refractivity contribution >= 4 is 17.6 Å². The largest absolute Gasteiger partial charge is 0.496 e. The minimum Gasteiger partial charge on any atom is -0.496 e. The molecule has 1 rings (SSSR count). The fourth-order valence-electron chi connectivity index (χ4n) is 1.56. The number of methoxy groups -OCH3 is 2.